The fourth-order valence-electron chi connectivity index (χ4n) is 3.58. The van der Waals surface area contributed by atoms with E-state index in [0.717, 1.165) is 37.4 Å². The number of aromatic nitrogens is 1. The molecule has 0 amide bonds. The number of pyridine rings is 1. The van der Waals surface area contributed by atoms with E-state index in [1.165, 1.54) is 0 Å². The average Bonchev–Trinajstić information content (AvgIpc) is 3.23. The van der Waals surface area contributed by atoms with E-state index >= 15 is 0 Å². The molecule has 5 nitrogen and oxygen atoms in total. The fourth-order valence-corrected chi connectivity index (χ4v) is 3.58. The van der Waals surface area contributed by atoms with Crippen LogP contribution < -0.4 is 9.64 Å². The van der Waals surface area contributed by atoms with Crippen LogP contribution in [0, 0.1) is 11.3 Å². The van der Waals surface area contributed by atoms with E-state index in [1.54, 1.807) is 12.4 Å². The van der Waals surface area contributed by atoms with Crippen molar-refractivity contribution in [2.24, 2.45) is 0 Å². The molecule has 122 valence electrons. The standard InChI is InChI=1S/C19H19N3O2/c20-11-15-3-5-16(6-4-15)22-9-7-19(14-22)10-18(13-23-19)24-17-2-1-8-21-12-17/h1-6,8,12,18H,7,9-10,13-14H2/t18-,19-/m0/s1. The minimum absolute atomic E-state index is 0.0788. The Morgan fingerprint density at radius 2 is 2.17 bits per heavy atom. The van der Waals surface area contributed by atoms with Gasteiger partial charge in [-0.05, 0) is 42.8 Å². The van der Waals surface area contributed by atoms with Crippen LogP contribution in [0.5, 0.6) is 5.75 Å². The van der Waals surface area contributed by atoms with Gasteiger partial charge in [-0.25, -0.2) is 0 Å². The third kappa shape index (κ3) is 2.93. The van der Waals surface area contributed by atoms with Gasteiger partial charge in [-0.2, -0.15) is 5.26 Å². The molecule has 0 bridgehead atoms. The highest BCUT2D eigenvalue weighted by Crippen LogP contribution is 2.38. The van der Waals surface area contributed by atoms with E-state index in [2.05, 4.69) is 16.0 Å². The van der Waals surface area contributed by atoms with Gasteiger partial charge in [0.1, 0.15) is 11.9 Å². The highest BCUT2D eigenvalue weighted by molar-refractivity contribution is 5.51. The van der Waals surface area contributed by atoms with Crippen LogP contribution in [-0.2, 0) is 4.74 Å². The van der Waals surface area contributed by atoms with Crippen LogP contribution in [0.2, 0.25) is 0 Å². The summed E-state index contributed by atoms with van der Waals surface area (Å²) in [6, 6.07) is 13.7. The molecule has 2 aliphatic rings. The molecule has 2 aromatic rings. The molecule has 1 aromatic carbocycles. The van der Waals surface area contributed by atoms with Crippen molar-refractivity contribution < 1.29 is 9.47 Å². The van der Waals surface area contributed by atoms with Crippen molar-refractivity contribution in [3.8, 4) is 11.8 Å². The first-order chi connectivity index (χ1) is 11.8. The lowest BCUT2D eigenvalue weighted by Crippen LogP contribution is -2.33. The molecule has 0 saturated carbocycles. The third-order valence-corrected chi connectivity index (χ3v) is 4.79. The van der Waals surface area contributed by atoms with Crippen LogP contribution in [-0.4, -0.2) is 36.4 Å². The minimum Gasteiger partial charge on any atom is -0.486 e. The zero-order chi connectivity index (χ0) is 16.4. The van der Waals surface area contributed by atoms with Gasteiger partial charge < -0.3 is 14.4 Å². The summed E-state index contributed by atoms with van der Waals surface area (Å²) in [7, 11) is 0. The monoisotopic (exact) mass is 321 g/mol. The van der Waals surface area contributed by atoms with Gasteiger partial charge in [0.15, 0.2) is 0 Å². The Kier molecular flexibility index (Phi) is 3.83. The molecule has 2 atom stereocenters. The van der Waals surface area contributed by atoms with Crippen LogP contribution in [0.15, 0.2) is 48.8 Å². The summed E-state index contributed by atoms with van der Waals surface area (Å²) in [6.45, 7) is 2.45. The SMILES string of the molecule is N#Cc1ccc(N2CC[C@]3(C[C@H](Oc4cccnc4)CO3)C2)cc1. The summed E-state index contributed by atoms with van der Waals surface area (Å²) in [5, 5.41) is 8.91. The lowest BCUT2D eigenvalue weighted by Gasteiger charge is -2.24. The molecular weight excluding hydrogens is 302 g/mol. The molecule has 2 saturated heterocycles. The summed E-state index contributed by atoms with van der Waals surface area (Å²) in [5.41, 5.74) is 1.71. The van der Waals surface area contributed by atoms with E-state index in [1.807, 2.05) is 36.4 Å². The highest BCUT2D eigenvalue weighted by atomic mass is 16.6. The van der Waals surface area contributed by atoms with Crippen LogP contribution in [0.3, 0.4) is 0 Å². The van der Waals surface area contributed by atoms with Gasteiger partial charge in [0.05, 0.1) is 30.0 Å². The molecule has 1 spiro atoms. The predicted octanol–water partition coefficient (Wildman–Crippen LogP) is 2.77. The molecule has 2 fully saturated rings. The lowest BCUT2D eigenvalue weighted by atomic mass is 9.98. The second kappa shape index (κ2) is 6.14. The molecule has 24 heavy (non-hydrogen) atoms. The quantitative estimate of drug-likeness (QED) is 0.870. The summed E-state index contributed by atoms with van der Waals surface area (Å²) in [4.78, 5) is 6.41. The molecule has 0 radical (unpaired) electrons. The van der Waals surface area contributed by atoms with E-state index in [0.29, 0.717) is 12.2 Å². The van der Waals surface area contributed by atoms with Crippen molar-refractivity contribution in [3.05, 3.63) is 54.4 Å². The summed E-state index contributed by atoms with van der Waals surface area (Å²) in [5.74, 6) is 0.796. The smallest absolute Gasteiger partial charge is 0.138 e. The number of ether oxygens (including phenoxy) is 2. The van der Waals surface area contributed by atoms with Gasteiger partial charge >= 0.3 is 0 Å². The maximum Gasteiger partial charge on any atom is 0.138 e. The number of benzene rings is 1. The Hall–Kier alpha value is -2.58. The van der Waals surface area contributed by atoms with Gasteiger partial charge in [-0.1, -0.05) is 0 Å². The molecule has 4 rings (SSSR count). The van der Waals surface area contributed by atoms with Gasteiger partial charge in [0, 0.05) is 31.4 Å². The molecule has 0 N–H and O–H groups in total. The van der Waals surface area contributed by atoms with Crippen molar-refractivity contribution in [1.29, 1.82) is 5.26 Å². The fraction of sp³-hybridized carbons (Fsp3) is 0.368. The van der Waals surface area contributed by atoms with Crippen molar-refractivity contribution in [2.45, 2.75) is 24.5 Å². The van der Waals surface area contributed by atoms with Crippen LogP contribution in [0.1, 0.15) is 18.4 Å². The topological polar surface area (TPSA) is 58.4 Å². The average molecular weight is 321 g/mol. The normalized spacial score (nSPS) is 25.8. The predicted molar refractivity (Wildman–Crippen MR) is 89.9 cm³/mol. The van der Waals surface area contributed by atoms with Gasteiger partial charge in [-0.3, -0.25) is 4.98 Å². The summed E-state index contributed by atoms with van der Waals surface area (Å²) < 4.78 is 12.1. The van der Waals surface area contributed by atoms with Crippen LogP contribution in [0.4, 0.5) is 5.69 Å². The van der Waals surface area contributed by atoms with Crippen LogP contribution >= 0.6 is 0 Å². The Labute approximate surface area is 141 Å². The minimum atomic E-state index is -0.124. The number of nitrogens with zero attached hydrogens (tertiary/aromatic N) is 3. The summed E-state index contributed by atoms with van der Waals surface area (Å²) in [6.07, 6.45) is 5.46. The first-order valence-corrected chi connectivity index (χ1v) is 8.22. The summed E-state index contributed by atoms with van der Waals surface area (Å²) >= 11 is 0. The maximum atomic E-state index is 8.91. The van der Waals surface area contributed by atoms with Crippen molar-refractivity contribution >= 4 is 5.69 Å². The van der Waals surface area contributed by atoms with Crippen molar-refractivity contribution in [1.82, 2.24) is 4.98 Å². The van der Waals surface area contributed by atoms with E-state index in [-0.39, 0.29) is 11.7 Å². The molecule has 0 aliphatic carbocycles. The Balaban J connectivity index is 1.40. The van der Waals surface area contributed by atoms with Gasteiger partial charge in [-0.15, -0.1) is 0 Å². The molecule has 2 aliphatic heterocycles. The maximum absolute atomic E-state index is 8.91. The van der Waals surface area contributed by atoms with Crippen LogP contribution in [0.25, 0.3) is 0 Å². The van der Waals surface area contributed by atoms with E-state index < -0.39 is 0 Å². The zero-order valence-corrected chi connectivity index (χ0v) is 13.4. The number of anilines is 1. The Bertz CT molecular complexity index is 741. The first kappa shape index (κ1) is 15.0. The van der Waals surface area contributed by atoms with Crippen molar-refractivity contribution in [2.75, 3.05) is 24.6 Å². The lowest BCUT2D eigenvalue weighted by molar-refractivity contribution is 0.0195. The second-order valence-electron chi connectivity index (χ2n) is 6.46. The van der Waals surface area contributed by atoms with Crippen molar-refractivity contribution in [3.63, 3.8) is 0 Å². The zero-order valence-electron chi connectivity index (χ0n) is 13.4. The number of rotatable bonds is 3. The highest BCUT2D eigenvalue weighted by Gasteiger charge is 2.46. The van der Waals surface area contributed by atoms with Gasteiger partial charge in [0.25, 0.3) is 0 Å². The van der Waals surface area contributed by atoms with E-state index in [9.17, 15) is 0 Å². The number of nitriles is 1. The number of hydrogen-bond acceptors (Lipinski definition) is 5. The molecule has 1 aromatic heterocycles. The largest absolute Gasteiger partial charge is 0.486 e. The molecular formula is C19H19N3O2. The van der Waals surface area contributed by atoms with Gasteiger partial charge in [0.2, 0.25) is 0 Å². The Morgan fingerprint density at radius 1 is 1.29 bits per heavy atom. The molecule has 0 unspecified atom stereocenters. The molecule has 5 heteroatoms. The molecule has 3 heterocycles. The Morgan fingerprint density at radius 3 is 2.92 bits per heavy atom. The van der Waals surface area contributed by atoms with E-state index in [4.69, 9.17) is 14.7 Å². The third-order valence-electron chi connectivity index (χ3n) is 4.79. The number of hydrogen-bond donors (Lipinski definition) is 0. The second-order valence-corrected chi connectivity index (χ2v) is 6.46. The first-order valence-electron chi connectivity index (χ1n) is 8.22.